The highest BCUT2D eigenvalue weighted by atomic mass is 16.5. The largest absolute Gasteiger partial charge is 0.492 e. The number of hydrogen-bond donors (Lipinski definition) is 0. The van der Waals surface area contributed by atoms with Crippen molar-refractivity contribution in [2.75, 3.05) is 6.61 Å². The van der Waals surface area contributed by atoms with E-state index in [1.165, 1.54) is 11.1 Å². The third-order valence-corrected chi connectivity index (χ3v) is 4.25. The van der Waals surface area contributed by atoms with Gasteiger partial charge in [-0.1, -0.05) is 24.3 Å². The number of carbonyl (C=O) groups excluding carboxylic acids is 1. The van der Waals surface area contributed by atoms with Crippen LogP contribution in [0.4, 0.5) is 0 Å². The van der Waals surface area contributed by atoms with Gasteiger partial charge in [0.25, 0.3) is 0 Å². The van der Waals surface area contributed by atoms with Gasteiger partial charge in [-0.15, -0.1) is 0 Å². The van der Waals surface area contributed by atoms with Crippen LogP contribution in [-0.2, 0) is 6.54 Å². The molecule has 0 aliphatic rings. The topological polar surface area (TPSA) is 31.2 Å². The lowest BCUT2D eigenvalue weighted by Gasteiger charge is -2.10. The predicted molar refractivity (Wildman–Crippen MR) is 93.4 cm³/mol. The van der Waals surface area contributed by atoms with Crippen LogP contribution >= 0.6 is 0 Å². The van der Waals surface area contributed by atoms with E-state index in [-0.39, 0.29) is 5.78 Å². The van der Waals surface area contributed by atoms with Gasteiger partial charge in [-0.3, -0.25) is 4.79 Å². The van der Waals surface area contributed by atoms with Crippen LogP contribution in [0.15, 0.2) is 48.7 Å². The molecule has 0 fully saturated rings. The Morgan fingerprint density at radius 3 is 2.61 bits per heavy atom. The Balaban J connectivity index is 1.77. The molecule has 0 aliphatic carbocycles. The summed E-state index contributed by atoms with van der Waals surface area (Å²) >= 11 is 0. The van der Waals surface area contributed by atoms with Crippen LogP contribution in [0.2, 0.25) is 0 Å². The molecule has 2 aromatic carbocycles. The number of aryl methyl sites for hydroxylation is 2. The minimum atomic E-state index is 0.0926. The van der Waals surface area contributed by atoms with E-state index in [1.807, 2.05) is 36.5 Å². The van der Waals surface area contributed by atoms with E-state index >= 15 is 0 Å². The average molecular weight is 307 g/mol. The molecule has 1 aromatic heterocycles. The van der Waals surface area contributed by atoms with Gasteiger partial charge in [0.1, 0.15) is 12.4 Å². The van der Waals surface area contributed by atoms with E-state index in [2.05, 4.69) is 30.5 Å². The second-order valence-corrected chi connectivity index (χ2v) is 5.90. The maximum Gasteiger partial charge on any atom is 0.161 e. The Kier molecular flexibility index (Phi) is 4.20. The zero-order valence-corrected chi connectivity index (χ0v) is 13.8. The van der Waals surface area contributed by atoms with Crippen LogP contribution in [0.5, 0.6) is 5.75 Å². The molecule has 118 valence electrons. The number of ether oxygens (including phenoxy) is 1. The van der Waals surface area contributed by atoms with Crippen molar-refractivity contribution in [1.29, 1.82) is 0 Å². The highest BCUT2D eigenvalue weighted by Crippen LogP contribution is 2.22. The van der Waals surface area contributed by atoms with Gasteiger partial charge in [-0.2, -0.15) is 0 Å². The Bertz CT molecular complexity index is 861. The van der Waals surface area contributed by atoms with Crippen LogP contribution in [0.1, 0.15) is 28.4 Å². The zero-order valence-electron chi connectivity index (χ0n) is 13.8. The monoisotopic (exact) mass is 307 g/mol. The molecule has 0 saturated heterocycles. The number of rotatable bonds is 5. The van der Waals surface area contributed by atoms with Gasteiger partial charge in [0.2, 0.25) is 0 Å². The fraction of sp³-hybridized carbons (Fsp3) is 0.250. The standard InChI is InChI=1S/C20H21NO2/c1-14-8-9-17(12-15(14)2)23-11-10-21-13-19(16(3)22)18-6-4-5-7-20(18)21/h4-9,12-13H,10-11H2,1-3H3. The van der Waals surface area contributed by atoms with Gasteiger partial charge >= 0.3 is 0 Å². The minimum Gasteiger partial charge on any atom is -0.492 e. The van der Waals surface area contributed by atoms with E-state index in [0.717, 1.165) is 22.2 Å². The predicted octanol–water partition coefficient (Wildman–Crippen LogP) is 4.54. The van der Waals surface area contributed by atoms with Gasteiger partial charge < -0.3 is 9.30 Å². The number of ketones is 1. The second-order valence-electron chi connectivity index (χ2n) is 5.90. The Labute approximate surface area is 136 Å². The molecule has 1 heterocycles. The number of fused-ring (bicyclic) bond motifs is 1. The average Bonchev–Trinajstić information content (AvgIpc) is 2.90. The molecule has 3 rings (SSSR count). The van der Waals surface area contributed by atoms with Crippen molar-refractivity contribution in [2.45, 2.75) is 27.3 Å². The lowest BCUT2D eigenvalue weighted by molar-refractivity contribution is 0.101. The SMILES string of the molecule is CC(=O)c1cn(CCOc2ccc(C)c(C)c2)c2ccccc12. The molecule has 0 amide bonds. The molecule has 3 heteroatoms. The first-order chi connectivity index (χ1) is 11.1. The molecule has 0 bridgehead atoms. The molecule has 3 nitrogen and oxygen atoms in total. The molecule has 0 atom stereocenters. The van der Waals surface area contributed by atoms with E-state index in [1.54, 1.807) is 6.92 Å². The molecular weight excluding hydrogens is 286 g/mol. The van der Waals surface area contributed by atoms with E-state index in [9.17, 15) is 4.79 Å². The number of Topliss-reactive ketones (excluding diaryl/α,β-unsaturated/α-hetero) is 1. The summed E-state index contributed by atoms with van der Waals surface area (Å²) in [5.41, 5.74) is 4.33. The third kappa shape index (κ3) is 3.14. The minimum absolute atomic E-state index is 0.0926. The fourth-order valence-electron chi connectivity index (χ4n) is 2.78. The van der Waals surface area contributed by atoms with E-state index in [0.29, 0.717) is 13.2 Å². The number of para-hydroxylation sites is 1. The maximum atomic E-state index is 11.8. The van der Waals surface area contributed by atoms with Crippen molar-refractivity contribution in [1.82, 2.24) is 4.57 Å². The van der Waals surface area contributed by atoms with Crippen LogP contribution in [0.3, 0.4) is 0 Å². The van der Waals surface area contributed by atoms with E-state index < -0.39 is 0 Å². The summed E-state index contributed by atoms with van der Waals surface area (Å²) in [6.07, 6.45) is 1.93. The first kappa shape index (κ1) is 15.3. The fourth-order valence-corrected chi connectivity index (χ4v) is 2.78. The van der Waals surface area contributed by atoms with Crippen molar-refractivity contribution in [3.05, 3.63) is 65.4 Å². The Hall–Kier alpha value is -2.55. The lowest BCUT2D eigenvalue weighted by atomic mass is 10.1. The number of hydrogen-bond acceptors (Lipinski definition) is 2. The number of aromatic nitrogens is 1. The van der Waals surface area contributed by atoms with Gasteiger partial charge in [-0.05, 0) is 50.1 Å². The molecular formula is C20H21NO2. The molecule has 23 heavy (non-hydrogen) atoms. The van der Waals surface area contributed by atoms with Crippen LogP contribution in [0.25, 0.3) is 10.9 Å². The zero-order chi connectivity index (χ0) is 16.4. The summed E-state index contributed by atoms with van der Waals surface area (Å²) in [5.74, 6) is 0.978. The number of carbonyl (C=O) groups is 1. The van der Waals surface area contributed by atoms with Gasteiger partial charge in [0.05, 0.1) is 6.54 Å². The summed E-state index contributed by atoms with van der Waals surface area (Å²) in [4.78, 5) is 11.8. The molecule has 0 saturated carbocycles. The third-order valence-electron chi connectivity index (χ3n) is 4.25. The maximum absolute atomic E-state index is 11.8. The van der Waals surface area contributed by atoms with Crippen molar-refractivity contribution in [3.63, 3.8) is 0 Å². The molecule has 3 aromatic rings. The van der Waals surface area contributed by atoms with Crippen LogP contribution < -0.4 is 4.74 Å². The molecule has 0 N–H and O–H groups in total. The normalized spacial score (nSPS) is 10.9. The first-order valence-corrected chi connectivity index (χ1v) is 7.85. The Morgan fingerprint density at radius 2 is 1.87 bits per heavy atom. The van der Waals surface area contributed by atoms with Crippen molar-refractivity contribution >= 4 is 16.7 Å². The van der Waals surface area contributed by atoms with Crippen LogP contribution in [-0.4, -0.2) is 17.0 Å². The molecule has 0 unspecified atom stereocenters. The quantitative estimate of drug-likeness (QED) is 0.648. The number of nitrogens with zero attached hydrogens (tertiary/aromatic N) is 1. The van der Waals surface area contributed by atoms with Gasteiger partial charge in [0.15, 0.2) is 5.78 Å². The number of benzene rings is 2. The summed E-state index contributed by atoms with van der Waals surface area (Å²) in [6.45, 7) is 7.06. The van der Waals surface area contributed by atoms with Crippen molar-refractivity contribution in [2.24, 2.45) is 0 Å². The summed E-state index contributed by atoms with van der Waals surface area (Å²) in [6, 6.07) is 14.1. The highest BCUT2D eigenvalue weighted by molar-refractivity contribution is 6.06. The van der Waals surface area contributed by atoms with E-state index in [4.69, 9.17) is 4.74 Å². The van der Waals surface area contributed by atoms with Gasteiger partial charge in [0, 0.05) is 22.7 Å². The van der Waals surface area contributed by atoms with Gasteiger partial charge in [-0.25, -0.2) is 0 Å². The molecule has 0 radical (unpaired) electrons. The summed E-state index contributed by atoms with van der Waals surface area (Å²) in [7, 11) is 0. The van der Waals surface area contributed by atoms with Crippen molar-refractivity contribution < 1.29 is 9.53 Å². The van der Waals surface area contributed by atoms with Crippen molar-refractivity contribution in [3.8, 4) is 5.75 Å². The molecule has 0 aliphatic heterocycles. The summed E-state index contributed by atoms with van der Waals surface area (Å²) in [5, 5.41) is 1.01. The first-order valence-electron chi connectivity index (χ1n) is 7.85. The highest BCUT2D eigenvalue weighted by Gasteiger charge is 2.11. The lowest BCUT2D eigenvalue weighted by Crippen LogP contribution is -2.07. The van der Waals surface area contributed by atoms with Crippen LogP contribution in [0, 0.1) is 13.8 Å². The Morgan fingerprint density at radius 1 is 1.09 bits per heavy atom. The summed E-state index contributed by atoms with van der Waals surface area (Å²) < 4.78 is 7.95. The molecule has 0 spiro atoms. The second kappa shape index (κ2) is 6.29. The smallest absolute Gasteiger partial charge is 0.161 e.